The second-order valence-electron chi connectivity index (χ2n) is 4.97. The Bertz CT molecular complexity index is 242. The second-order valence-corrected chi connectivity index (χ2v) is 4.97. The molecule has 0 atom stereocenters. The molecule has 0 bridgehead atoms. The summed E-state index contributed by atoms with van der Waals surface area (Å²) in [6.07, 6.45) is 2.49. The molecule has 3 N–H and O–H groups in total. The van der Waals surface area contributed by atoms with Crippen molar-refractivity contribution in [3.8, 4) is 0 Å². The van der Waals surface area contributed by atoms with E-state index in [4.69, 9.17) is 5.73 Å². The van der Waals surface area contributed by atoms with Gasteiger partial charge in [-0.15, -0.1) is 0 Å². The molecule has 4 heteroatoms. The van der Waals surface area contributed by atoms with E-state index in [9.17, 15) is 4.79 Å². The number of likely N-dealkylation sites (tertiary alicyclic amines) is 1. The molecule has 0 aromatic carbocycles. The molecule has 0 radical (unpaired) electrons. The van der Waals surface area contributed by atoms with Gasteiger partial charge in [0.05, 0.1) is 5.54 Å². The van der Waals surface area contributed by atoms with Crippen LogP contribution in [0.1, 0.15) is 26.7 Å². The van der Waals surface area contributed by atoms with Gasteiger partial charge in [-0.25, -0.2) is 4.79 Å². The number of urea groups is 1. The van der Waals surface area contributed by atoms with Crippen LogP contribution in [0.15, 0.2) is 0 Å². The van der Waals surface area contributed by atoms with Crippen molar-refractivity contribution in [3.05, 3.63) is 0 Å². The van der Waals surface area contributed by atoms with Gasteiger partial charge in [-0.2, -0.15) is 0 Å². The molecule has 1 heterocycles. The van der Waals surface area contributed by atoms with Gasteiger partial charge >= 0.3 is 6.03 Å². The Hall–Kier alpha value is -0.770. The fourth-order valence-electron chi connectivity index (χ4n) is 2.06. The Morgan fingerprint density at radius 2 is 2.07 bits per heavy atom. The molecule has 4 nitrogen and oxygen atoms in total. The van der Waals surface area contributed by atoms with Crippen LogP contribution in [0.25, 0.3) is 0 Å². The first-order valence-corrected chi connectivity index (χ1v) is 5.35. The Kier molecular flexibility index (Phi) is 2.18. The first-order chi connectivity index (χ1) is 6.51. The van der Waals surface area contributed by atoms with Crippen LogP contribution in [-0.2, 0) is 0 Å². The van der Waals surface area contributed by atoms with Gasteiger partial charge < -0.3 is 16.0 Å². The van der Waals surface area contributed by atoms with Crippen LogP contribution in [-0.4, -0.2) is 35.6 Å². The fraction of sp³-hybridized carbons (Fsp3) is 0.900. The first kappa shape index (κ1) is 9.77. The summed E-state index contributed by atoms with van der Waals surface area (Å²) in [7, 11) is 0. The molecule has 1 aliphatic heterocycles. The van der Waals surface area contributed by atoms with Crippen LogP contribution < -0.4 is 11.1 Å². The molecule has 0 aromatic heterocycles. The average Bonchev–Trinajstić information content (AvgIpc) is 2.78. The summed E-state index contributed by atoms with van der Waals surface area (Å²) in [5, 5.41) is 2.87. The van der Waals surface area contributed by atoms with E-state index in [1.165, 1.54) is 12.8 Å². The van der Waals surface area contributed by atoms with Crippen molar-refractivity contribution in [1.29, 1.82) is 0 Å². The van der Waals surface area contributed by atoms with Gasteiger partial charge in [0.2, 0.25) is 0 Å². The van der Waals surface area contributed by atoms with Crippen LogP contribution in [0.2, 0.25) is 0 Å². The molecule has 2 amide bonds. The largest absolute Gasteiger partial charge is 0.336 e. The summed E-state index contributed by atoms with van der Waals surface area (Å²) in [4.78, 5) is 13.3. The lowest BCUT2D eigenvalue weighted by atomic mass is 9.86. The smallest absolute Gasteiger partial charge is 0.317 e. The van der Waals surface area contributed by atoms with Crippen molar-refractivity contribution < 1.29 is 4.79 Å². The average molecular weight is 197 g/mol. The predicted octanol–water partition coefficient (Wildman–Crippen LogP) is 0.527. The molecule has 2 rings (SSSR count). The van der Waals surface area contributed by atoms with E-state index in [-0.39, 0.29) is 17.6 Å². The Labute approximate surface area is 84.8 Å². The van der Waals surface area contributed by atoms with Crippen molar-refractivity contribution in [2.24, 2.45) is 11.7 Å². The molecule has 0 aromatic rings. The van der Waals surface area contributed by atoms with Crippen molar-refractivity contribution in [3.63, 3.8) is 0 Å². The van der Waals surface area contributed by atoms with Crippen LogP contribution in [0.5, 0.6) is 0 Å². The summed E-state index contributed by atoms with van der Waals surface area (Å²) in [6.45, 7) is 5.40. The van der Waals surface area contributed by atoms with Gasteiger partial charge in [-0.3, -0.25) is 0 Å². The maximum absolute atomic E-state index is 11.5. The molecule has 2 aliphatic rings. The van der Waals surface area contributed by atoms with Gasteiger partial charge in [0, 0.05) is 19.1 Å². The summed E-state index contributed by atoms with van der Waals surface area (Å²) >= 11 is 0. The second kappa shape index (κ2) is 3.12. The number of carbonyl (C=O) groups is 1. The highest BCUT2D eigenvalue weighted by Crippen LogP contribution is 2.42. The highest BCUT2D eigenvalue weighted by atomic mass is 16.2. The lowest BCUT2D eigenvalue weighted by Gasteiger charge is -2.48. The number of hydrogen-bond acceptors (Lipinski definition) is 2. The Morgan fingerprint density at radius 1 is 1.50 bits per heavy atom. The van der Waals surface area contributed by atoms with Crippen molar-refractivity contribution >= 4 is 6.03 Å². The van der Waals surface area contributed by atoms with Crippen LogP contribution in [0.4, 0.5) is 4.79 Å². The van der Waals surface area contributed by atoms with E-state index in [0.29, 0.717) is 5.92 Å². The van der Waals surface area contributed by atoms with E-state index >= 15 is 0 Å². The number of carbonyl (C=O) groups excluding carboxylic acids is 1. The van der Waals surface area contributed by atoms with Crippen molar-refractivity contribution in [2.75, 3.05) is 13.1 Å². The minimum atomic E-state index is -0.0612. The third kappa shape index (κ3) is 1.71. The molecule has 1 aliphatic carbocycles. The summed E-state index contributed by atoms with van der Waals surface area (Å²) in [5.41, 5.74) is 6.08. The van der Waals surface area contributed by atoms with E-state index in [0.717, 1.165) is 13.1 Å². The SMILES string of the molecule is CC(C)NC(=O)N1CC(N)(C2CC2)C1. The minimum Gasteiger partial charge on any atom is -0.336 e. The van der Waals surface area contributed by atoms with Crippen LogP contribution >= 0.6 is 0 Å². The molecular weight excluding hydrogens is 178 g/mol. The number of nitrogens with one attached hydrogen (secondary N) is 1. The zero-order valence-corrected chi connectivity index (χ0v) is 8.92. The van der Waals surface area contributed by atoms with Crippen LogP contribution in [0, 0.1) is 5.92 Å². The molecule has 0 spiro atoms. The lowest BCUT2D eigenvalue weighted by molar-refractivity contribution is 0.0807. The molecule has 0 unspecified atom stereocenters. The van der Waals surface area contributed by atoms with E-state index in [1.54, 1.807) is 4.90 Å². The maximum atomic E-state index is 11.5. The quantitative estimate of drug-likeness (QED) is 0.678. The summed E-state index contributed by atoms with van der Waals surface area (Å²) in [6, 6.07) is 0.234. The number of hydrogen-bond donors (Lipinski definition) is 2. The summed E-state index contributed by atoms with van der Waals surface area (Å²) in [5.74, 6) is 0.672. The predicted molar refractivity (Wildman–Crippen MR) is 54.9 cm³/mol. The number of nitrogens with two attached hydrogens (primary N) is 1. The standard InChI is InChI=1S/C10H19N3O/c1-7(2)12-9(14)13-5-10(11,6-13)8-3-4-8/h7-8H,3-6,11H2,1-2H3,(H,12,14). The highest BCUT2D eigenvalue weighted by molar-refractivity contribution is 5.75. The van der Waals surface area contributed by atoms with Crippen LogP contribution in [0.3, 0.4) is 0 Å². The van der Waals surface area contributed by atoms with Crippen molar-refractivity contribution in [1.82, 2.24) is 10.2 Å². The fourth-order valence-corrected chi connectivity index (χ4v) is 2.06. The molecule has 2 fully saturated rings. The van der Waals surface area contributed by atoms with Gasteiger partial charge in [0.15, 0.2) is 0 Å². The molecule has 80 valence electrons. The molecule has 1 saturated carbocycles. The van der Waals surface area contributed by atoms with Gasteiger partial charge in [-0.05, 0) is 32.6 Å². The molecular formula is C10H19N3O. The van der Waals surface area contributed by atoms with Gasteiger partial charge in [0.25, 0.3) is 0 Å². The zero-order valence-electron chi connectivity index (χ0n) is 8.92. The minimum absolute atomic E-state index is 0.0294. The molecule has 1 saturated heterocycles. The monoisotopic (exact) mass is 197 g/mol. The summed E-state index contributed by atoms with van der Waals surface area (Å²) < 4.78 is 0. The van der Waals surface area contributed by atoms with E-state index < -0.39 is 0 Å². The van der Waals surface area contributed by atoms with Gasteiger partial charge in [-0.1, -0.05) is 0 Å². The normalized spacial score (nSPS) is 24.7. The Balaban J connectivity index is 1.78. The highest BCUT2D eigenvalue weighted by Gasteiger charge is 2.51. The van der Waals surface area contributed by atoms with E-state index in [1.807, 2.05) is 13.8 Å². The lowest BCUT2D eigenvalue weighted by Crippen LogP contribution is -2.71. The van der Waals surface area contributed by atoms with Crippen molar-refractivity contribution in [2.45, 2.75) is 38.3 Å². The third-order valence-corrected chi connectivity index (χ3v) is 3.06. The Morgan fingerprint density at radius 3 is 2.50 bits per heavy atom. The maximum Gasteiger partial charge on any atom is 0.317 e. The zero-order chi connectivity index (χ0) is 10.3. The van der Waals surface area contributed by atoms with Gasteiger partial charge in [0.1, 0.15) is 0 Å². The van der Waals surface area contributed by atoms with E-state index in [2.05, 4.69) is 5.32 Å². The first-order valence-electron chi connectivity index (χ1n) is 5.35. The topological polar surface area (TPSA) is 58.4 Å². The number of nitrogens with zero attached hydrogens (tertiary/aromatic N) is 1. The molecule has 14 heavy (non-hydrogen) atoms. The number of amides is 2. The number of rotatable bonds is 2. The third-order valence-electron chi connectivity index (χ3n) is 3.06.